The number of nitrogens with one attached hydrogen (secondary N) is 1. The van der Waals surface area contributed by atoms with Gasteiger partial charge in [-0.15, -0.1) is 0 Å². The molecule has 1 saturated heterocycles. The van der Waals surface area contributed by atoms with Gasteiger partial charge in [-0.25, -0.2) is 4.98 Å². The van der Waals surface area contributed by atoms with Crippen LogP contribution in [0.1, 0.15) is 45.2 Å². The first-order valence-electron chi connectivity index (χ1n) is 6.27. The van der Waals surface area contributed by atoms with Gasteiger partial charge in [0.15, 0.2) is 0 Å². The van der Waals surface area contributed by atoms with Crippen molar-refractivity contribution in [3.8, 4) is 0 Å². The molecule has 0 saturated carbocycles. The minimum Gasteiger partial charge on any atom is -0.378 e. The summed E-state index contributed by atoms with van der Waals surface area (Å²) in [4.78, 5) is 7.31. The minimum absolute atomic E-state index is 0.430. The van der Waals surface area contributed by atoms with Gasteiger partial charge in [-0.2, -0.15) is 0 Å². The van der Waals surface area contributed by atoms with Gasteiger partial charge < -0.3 is 9.72 Å². The molecule has 0 radical (unpaired) electrons. The summed E-state index contributed by atoms with van der Waals surface area (Å²) < 4.78 is 5.86. The van der Waals surface area contributed by atoms with Gasteiger partial charge in [0.1, 0.15) is 0 Å². The third-order valence-corrected chi connectivity index (χ3v) is 3.70. The van der Waals surface area contributed by atoms with Gasteiger partial charge in [-0.3, -0.25) is 0 Å². The topological polar surface area (TPSA) is 37.9 Å². The van der Waals surface area contributed by atoms with Crippen molar-refractivity contribution >= 4 is 0 Å². The minimum atomic E-state index is 0.430. The number of aromatic nitrogens is 2. The van der Waals surface area contributed by atoms with E-state index >= 15 is 0 Å². The summed E-state index contributed by atoms with van der Waals surface area (Å²) >= 11 is 0. The molecule has 0 bridgehead atoms. The maximum atomic E-state index is 5.86. The second-order valence-electron chi connectivity index (χ2n) is 5.33. The second-order valence-corrected chi connectivity index (χ2v) is 5.33. The number of hydrogen-bond donors (Lipinski definition) is 1. The van der Waals surface area contributed by atoms with Crippen molar-refractivity contribution in [2.24, 2.45) is 11.8 Å². The molecule has 1 N–H and O–H groups in total. The lowest BCUT2D eigenvalue weighted by atomic mass is 9.90. The quantitative estimate of drug-likeness (QED) is 0.850. The van der Waals surface area contributed by atoms with Crippen molar-refractivity contribution in [1.82, 2.24) is 9.97 Å². The maximum absolute atomic E-state index is 5.86. The molecule has 3 atom stereocenters. The summed E-state index contributed by atoms with van der Waals surface area (Å²) in [5, 5.41) is 0. The first-order valence-corrected chi connectivity index (χ1v) is 6.27. The van der Waals surface area contributed by atoms with E-state index < -0.39 is 0 Å². The predicted octanol–water partition coefficient (Wildman–Crippen LogP) is 2.96. The Morgan fingerprint density at radius 3 is 2.88 bits per heavy atom. The number of hydrogen-bond acceptors (Lipinski definition) is 2. The Balaban J connectivity index is 1.83. The van der Waals surface area contributed by atoms with Crippen LogP contribution < -0.4 is 0 Å². The molecule has 3 unspecified atom stereocenters. The molecule has 0 amide bonds. The van der Waals surface area contributed by atoms with Gasteiger partial charge in [0.05, 0.1) is 24.7 Å². The standard InChI is InChI=1S/C13H22N2O/c1-9(2)11-5-12(16-7-11)4-10(3)13-6-14-8-15-13/h6,8-12H,4-5,7H2,1-3H3,(H,14,15). The van der Waals surface area contributed by atoms with Crippen LogP contribution >= 0.6 is 0 Å². The van der Waals surface area contributed by atoms with Crippen LogP contribution in [0.25, 0.3) is 0 Å². The monoisotopic (exact) mass is 222 g/mol. The van der Waals surface area contributed by atoms with E-state index in [1.165, 1.54) is 6.42 Å². The highest BCUT2D eigenvalue weighted by Crippen LogP contribution is 2.31. The Bertz CT molecular complexity index is 308. The Labute approximate surface area is 97.6 Å². The van der Waals surface area contributed by atoms with Gasteiger partial charge in [0.25, 0.3) is 0 Å². The Morgan fingerprint density at radius 1 is 1.50 bits per heavy atom. The molecule has 0 aliphatic carbocycles. The zero-order valence-electron chi connectivity index (χ0n) is 10.4. The highest BCUT2D eigenvalue weighted by Gasteiger charge is 2.29. The van der Waals surface area contributed by atoms with Crippen molar-refractivity contribution in [3.05, 3.63) is 18.2 Å². The molecule has 90 valence electrons. The number of ether oxygens (including phenoxy) is 1. The van der Waals surface area contributed by atoms with E-state index in [2.05, 4.69) is 30.7 Å². The van der Waals surface area contributed by atoms with Crippen LogP contribution in [-0.4, -0.2) is 22.7 Å². The molecule has 2 rings (SSSR count). The van der Waals surface area contributed by atoms with Gasteiger partial charge in [-0.1, -0.05) is 20.8 Å². The van der Waals surface area contributed by atoms with E-state index in [1.54, 1.807) is 6.33 Å². The van der Waals surface area contributed by atoms with E-state index in [-0.39, 0.29) is 0 Å². The summed E-state index contributed by atoms with van der Waals surface area (Å²) in [6.45, 7) is 7.74. The summed E-state index contributed by atoms with van der Waals surface area (Å²) in [5.74, 6) is 1.98. The predicted molar refractivity (Wildman–Crippen MR) is 64.3 cm³/mol. The van der Waals surface area contributed by atoms with Gasteiger partial charge in [-0.05, 0) is 24.7 Å². The lowest BCUT2D eigenvalue weighted by Gasteiger charge is -2.15. The van der Waals surface area contributed by atoms with E-state index in [9.17, 15) is 0 Å². The molecule has 1 fully saturated rings. The lowest BCUT2D eigenvalue weighted by molar-refractivity contribution is 0.0930. The van der Waals surface area contributed by atoms with Crippen LogP contribution in [0.4, 0.5) is 0 Å². The normalized spacial score (nSPS) is 27.5. The molecule has 3 heteroatoms. The average Bonchev–Trinajstić information content (AvgIpc) is 2.87. The van der Waals surface area contributed by atoms with Gasteiger partial charge >= 0.3 is 0 Å². The SMILES string of the molecule is CC(CC1CC(C(C)C)CO1)c1c[nH]cn1. The third-order valence-electron chi connectivity index (χ3n) is 3.70. The summed E-state index contributed by atoms with van der Waals surface area (Å²) in [6, 6.07) is 0. The zero-order chi connectivity index (χ0) is 11.5. The number of rotatable bonds is 4. The average molecular weight is 222 g/mol. The highest BCUT2D eigenvalue weighted by atomic mass is 16.5. The van der Waals surface area contributed by atoms with Crippen molar-refractivity contribution in [2.75, 3.05) is 6.61 Å². The Morgan fingerprint density at radius 2 is 2.31 bits per heavy atom. The van der Waals surface area contributed by atoms with Crippen molar-refractivity contribution in [3.63, 3.8) is 0 Å². The smallest absolute Gasteiger partial charge is 0.0923 e. The van der Waals surface area contributed by atoms with Crippen LogP contribution in [-0.2, 0) is 4.74 Å². The van der Waals surface area contributed by atoms with Crippen molar-refractivity contribution < 1.29 is 4.74 Å². The molecule has 2 heterocycles. The van der Waals surface area contributed by atoms with Crippen LogP contribution in [0.5, 0.6) is 0 Å². The molecule has 1 aromatic rings. The van der Waals surface area contributed by atoms with Crippen molar-refractivity contribution in [2.45, 2.75) is 45.6 Å². The Kier molecular flexibility index (Phi) is 3.64. The number of nitrogens with zero attached hydrogens (tertiary/aromatic N) is 1. The summed E-state index contributed by atoms with van der Waals surface area (Å²) in [7, 11) is 0. The summed E-state index contributed by atoms with van der Waals surface area (Å²) in [5.41, 5.74) is 1.15. The van der Waals surface area contributed by atoms with Crippen LogP contribution in [0.15, 0.2) is 12.5 Å². The molecular weight excluding hydrogens is 200 g/mol. The first kappa shape index (κ1) is 11.6. The fourth-order valence-electron chi connectivity index (χ4n) is 2.42. The molecule has 0 spiro atoms. The molecule has 1 aliphatic heterocycles. The second kappa shape index (κ2) is 5.00. The van der Waals surface area contributed by atoms with Crippen molar-refractivity contribution in [1.29, 1.82) is 0 Å². The third kappa shape index (κ3) is 2.64. The van der Waals surface area contributed by atoms with Gasteiger partial charge in [0, 0.05) is 12.1 Å². The molecular formula is C13H22N2O. The molecule has 16 heavy (non-hydrogen) atoms. The fourth-order valence-corrected chi connectivity index (χ4v) is 2.42. The van der Waals surface area contributed by atoms with E-state index in [0.29, 0.717) is 12.0 Å². The first-order chi connectivity index (χ1) is 7.66. The molecule has 3 nitrogen and oxygen atoms in total. The van der Waals surface area contributed by atoms with E-state index in [4.69, 9.17) is 4.74 Å². The maximum Gasteiger partial charge on any atom is 0.0923 e. The fraction of sp³-hybridized carbons (Fsp3) is 0.769. The summed E-state index contributed by atoms with van der Waals surface area (Å²) in [6.07, 6.45) is 6.47. The van der Waals surface area contributed by atoms with Crippen LogP contribution in [0, 0.1) is 11.8 Å². The van der Waals surface area contributed by atoms with Crippen LogP contribution in [0.3, 0.4) is 0 Å². The number of H-pyrrole nitrogens is 1. The largest absolute Gasteiger partial charge is 0.378 e. The van der Waals surface area contributed by atoms with E-state index in [1.807, 2.05) is 6.20 Å². The molecule has 1 aliphatic rings. The molecule has 0 aromatic carbocycles. The molecule has 1 aromatic heterocycles. The Hall–Kier alpha value is -0.830. The number of imidazole rings is 1. The van der Waals surface area contributed by atoms with Gasteiger partial charge in [0.2, 0.25) is 0 Å². The lowest BCUT2D eigenvalue weighted by Crippen LogP contribution is -2.11. The van der Waals surface area contributed by atoms with E-state index in [0.717, 1.165) is 30.6 Å². The highest BCUT2D eigenvalue weighted by molar-refractivity contribution is 5.02. The van der Waals surface area contributed by atoms with Crippen LogP contribution in [0.2, 0.25) is 0 Å². The zero-order valence-corrected chi connectivity index (χ0v) is 10.4. The number of aromatic amines is 1.